The Kier molecular flexibility index (Phi) is 4.65. The fourth-order valence-corrected chi connectivity index (χ4v) is 2.93. The van der Waals surface area contributed by atoms with Crippen LogP contribution in [0.15, 0.2) is 60.8 Å². The molecular weight excluding hydrogens is 317 g/mol. The Hall–Kier alpha value is -2.95. The van der Waals surface area contributed by atoms with Gasteiger partial charge in [-0.3, -0.25) is 10.2 Å². The molecule has 4 nitrogen and oxygen atoms in total. The highest BCUT2D eigenvalue weighted by atomic mass is 19.1. The van der Waals surface area contributed by atoms with Gasteiger partial charge in [-0.25, -0.2) is 4.39 Å². The van der Waals surface area contributed by atoms with Gasteiger partial charge in [0.25, 0.3) is 0 Å². The van der Waals surface area contributed by atoms with Crippen LogP contribution in [0.4, 0.5) is 10.1 Å². The minimum absolute atomic E-state index is 0.0336. The zero-order valence-electron chi connectivity index (χ0n) is 14.0. The van der Waals surface area contributed by atoms with E-state index in [1.807, 2.05) is 31.2 Å². The van der Waals surface area contributed by atoms with Crippen molar-refractivity contribution >= 4 is 17.4 Å². The number of rotatable bonds is 5. The Morgan fingerprint density at radius 3 is 2.52 bits per heavy atom. The molecule has 1 fully saturated rings. The second-order valence-corrected chi connectivity index (χ2v) is 6.22. The molecule has 3 rings (SSSR count). The van der Waals surface area contributed by atoms with Crippen LogP contribution >= 0.6 is 0 Å². The molecule has 1 aliphatic carbocycles. The molecule has 0 radical (unpaired) electrons. The Balaban J connectivity index is 1.62. The molecule has 2 aromatic rings. The topological polar surface area (TPSA) is 65.0 Å². The van der Waals surface area contributed by atoms with Gasteiger partial charge >= 0.3 is 0 Å². The molecule has 1 aliphatic rings. The van der Waals surface area contributed by atoms with E-state index in [0.717, 1.165) is 24.0 Å². The van der Waals surface area contributed by atoms with Gasteiger partial charge in [0.15, 0.2) is 0 Å². The zero-order valence-corrected chi connectivity index (χ0v) is 14.0. The maximum absolute atomic E-state index is 13.5. The summed E-state index contributed by atoms with van der Waals surface area (Å²) in [6, 6.07) is 14.1. The van der Waals surface area contributed by atoms with E-state index in [4.69, 9.17) is 5.41 Å². The first-order chi connectivity index (χ1) is 12.0. The van der Waals surface area contributed by atoms with Crippen molar-refractivity contribution in [3.8, 4) is 0 Å². The van der Waals surface area contributed by atoms with E-state index in [1.54, 1.807) is 18.2 Å². The number of amidine groups is 1. The van der Waals surface area contributed by atoms with E-state index in [2.05, 4.69) is 10.6 Å². The van der Waals surface area contributed by atoms with E-state index in [9.17, 15) is 9.18 Å². The van der Waals surface area contributed by atoms with E-state index in [-0.39, 0.29) is 17.6 Å². The number of nitrogens with one attached hydrogen (secondary N) is 3. The van der Waals surface area contributed by atoms with Crippen molar-refractivity contribution < 1.29 is 9.18 Å². The molecule has 3 N–H and O–H groups in total. The van der Waals surface area contributed by atoms with Crippen molar-refractivity contribution in [3.63, 3.8) is 0 Å². The monoisotopic (exact) mass is 337 g/mol. The third-order valence-electron chi connectivity index (χ3n) is 4.46. The molecule has 0 saturated heterocycles. The average molecular weight is 337 g/mol. The molecule has 1 saturated carbocycles. The van der Waals surface area contributed by atoms with Crippen molar-refractivity contribution in [1.82, 2.24) is 5.32 Å². The summed E-state index contributed by atoms with van der Waals surface area (Å²) in [6.07, 6.45) is 4.41. The number of para-hydroxylation sites is 1. The minimum atomic E-state index is -0.523. The van der Waals surface area contributed by atoms with Crippen LogP contribution in [0.5, 0.6) is 0 Å². The van der Waals surface area contributed by atoms with Crippen molar-refractivity contribution in [2.24, 2.45) is 0 Å². The quantitative estimate of drug-likeness (QED) is 0.572. The summed E-state index contributed by atoms with van der Waals surface area (Å²) in [7, 11) is 0. The van der Waals surface area contributed by atoms with E-state index < -0.39 is 5.41 Å². The summed E-state index contributed by atoms with van der Waals surface area (Å²) in [5.41, 5.74) is 1.90. The summed E-state index contributed by atoms with van der Waals surface area (Å²) in [5.74, 6) is -0.574. The van der Waals surface area contributed by atoms with Gasteiger partial charge in [-0.05, 0) is 49.1 Å². The number of aryl methyl sites for hydroxylation is 1. The smallest absolute Gasteiger partial charge is 0.236 e. The number of halogens is 1. The van der Waals surface area contributed by atoms with E-state index in [0.29, 0.717) is 5.69 Å². The largest absolute Gasteiger partial charge is 0.359 e. The standard InChI is InChI=1S/C20H20FN3O/c1-14-6-2-3-7-15(14)20(11-12-20)19(25)24-18(22)10-13-23-17-9-5-4-8-16(17)21/h2-10,13,23H,11-12H2,1H3,(H2,22,24,25)/b13-10-. The van der Waals surface area contributed by atoms with Gasteiger partial charge in [0, 0.05) is 6.20 Å². The van der Waals surface area contributed by atoms with E-state index >= 15 is 0 Å². The Morgan fingerprint density at radius 2 is 1.84 bits per heavy atom. The third kappa shape index (κ3) is 3.60. The Labute approximate surface area is 146 Å². The van der Waals surface area contributed by atoms with Crippen molar-refractivity contribution in [1.29, 1.82) is 5.41 Å². The number of hydrogen-bond acceptors (Lipinski definition) is 3. The summed E-state index contributed by atoms with van der Waals surface area (Å²) in [4.78, 5) is 12.6. The fraction of sp³-hybridized carbons (Fsp3) is 0.200. The maximum atomic E-state index is 13.5. The van der Waals surface area contributed by atoms with Crippen LogP contribution in [0, 0.1) is 18.2 Å². The first-order valence-electron chi connectivity index (χ1n) is 8.17. The van der Waals surface area contributed by atoms with Crippen LogP contribution in [0.2, 0.25) is 0 Å². The lowest BCUT2D eigenvalue weighted by Gasteiger charge is -2.17. The summed E-state index contributed by atoms with van der Waals surface area (Å²) >= 11 is 0. The molecule has 0 atom stereocenters. The summed E-state index contributed by atoms with van der Waals surface area (Å²) in [5, 5.41) is 13.3. The lowest BCUT2D eigenvalue weighted by Crippen LogP contribution is -2.38. The van der Waals surface area contributed by atoms with Gasteiger partial charge in [-0.2, -0.15) is 0 Å². The van der Waals surface area contributed by atoms with Crippen LogP contribution in [0.25, 0.3) is 0 Å². The van der Waals surface area contributed by atoms with Gasteiger partial charge in [0.05, 0.1) is 11.1 Å². The normalized spacial score (nSPS) is 15.0. The molecule has 0 aliphatic heterocycles. The molecule has 0 spiro atoms. The zero-order chi connectivity index (χ0) is 17.9. The number of hydrogen-bond donors (Lipinski definition) is 3. The molecule has 0 bridgehead atoms. The van der Waals surface area contributed by atoms with Crippen LogP contribution in [-0.2, 0) is 10.2 Å². The van der Waals surface area contributed by atoms with Crippen LogP contribution in [0.3, 0.4) is 0 Å². The molecule has 5 heteroatoms. The van der Waals surface area contributed by atoms with Crippen molar-refractivity contribution in [3.05, 3.63) is 77.8 Å². The first kappa shape index (κ1) is 16.9. The molecular formula is C20H20FN3O. The summed E-state index contributed by atoms with van der Waals surface area (Å²) < 4.78 is 13.5. The van der Waals surface area contributed by atoms with Crippen molar-refractivity contribution in [2.45, 2.75) is 25.2 Å². The molecule has 25 heavy (non-hydrogen) atoms. The summed E-state index contributed by atoms with van der Waals surface area (Å²) in [6.45, 7) is 1.99. The average Bonchev–Trinajstić information content (AvgIpc) is 3.39. The van der Waals surface area contributed by atoms with Gasteiger partial charge in [-0.1, -0.05) is 36.4 Å². The minimum Gasteiger partial charge on any atom is -0.359 e. The highest BCUT2D eigenvalue weighted by molar-refractivity contribution is 6.07. The first-order valence-corrected chi connectivity index (χ1v) is 8.17. The molecule has 0 unspecified atom stereocenters. The van der Waals surface area contributed by atoms with Gasteiger partial charge < -0.3 is 10.6 Å². The van der Waals surface area contributed by atoms with Crippen LogP contribution in [-0.4, -0.2) is 11.7 Å². The van der Waals surface area contributed by atoms with Crippen LogP contribution in [0.1, 0.15) is 24.0 Å². The molecule has 128 valence electrons. The molecule has 1 amide bonds. The van der Waals surface area contributed by atoms with E-state index in [1.165, 1.54) is 18.3 Å². The Bertz CT molecular complexity index is 840. The predicted octanol–water partition coefficient (Wildman–Crippen LogP) is 3.88. The van der Waals surface area contributed by atoms with Gasteiger partial charge in [-0.15, -0.1) is 0 Å². The Morgan fingerprint density at radius 1 is 1.16 bits per heavy atom. The van der Waals surface area contributed by atoms with Crippen molar-refractivity contribution in [2.75, 3.05) is 5.32 Å². The van der Waals surface area contributed by atoms with Crippen LogP contribution < -0.4 is 10.6 Å². The predicted molar refractivity (Wildman–Crippen MR) is 97.1 cm³/mol. The number of amides is 1. The second kappa shape index (κ2) is 6.89. The van der Waals surface area contributed by atoms with Gasteiger partial charge in [0.1, 0.15) is 11.7 Å². The van der Waals surface area contributed by atoms with Gasteiger partial charge in [0.2, 0.25) is 5.91 Å². The fourth-order valence-electron chi connectivity index (χ4n) is 2.93. The second-order valence-electron chi connectivity index (χ2n) is 6.22. The lowest BCUT2D eigenvalue weighted by molar-refractivity contribution is -0.122. The molecule has 0 heterocycles. The maximum Gasteiger partial charge on any atom is 0.236 e. The lowest BCUT2D eigenvalue weighted by atomic mass is 9.91. The molecule has 0 aromatic heterocycles. The SMILES string of the molecule is Cc1ccccc1C1(C(=O)NC(=N)/C=C\Nc2ccccc2F)CC1. The highest BCUT2D eigenvalue weighted by Crippen LogP contribution is 2.49. The highest BCUT2D eigenvalue weighted by Gasteiger charge is 2.51. The number of carbonyl (C=O) groups is 1. The third-order valence-corrected chi connectivity index (χ3v) is 4.46. The number of carbonyl (C=O) groups excluding carboxylic acids is 1. The number of anilines is 1. The molecule has 2 aromatic carbocycles. The number of benzene rings is 2.